The Morgan fingerprint density at radius 1 is 1.38 bits per heavy atom. The van der Waals surface area contributed by atoms with Crippen molar-refractivity contribution >= 4 is 0 Å². The zero-order chi connectivity index (χ0) is 9.84. The average Bonchev–Trinajstić information content (AvgIpc) is 2.48. The first-order valence-electron chi connectivity index (χ1n) is 5.45. The van der Waals surface area contributed by atoms with Gasteiger partial charge in [0.15, 0.2) is 0 Å². The molecule has 0 aliphatic carbocycles. The number of likely N-dealkylation sites (tertiary alicyclic amines) is 1. The number of nitrogens with zero attached hydrogens (tertiary/aromatic N) is 1. The van der Waals surface area contributed by atoms with Crippen molar-refractivity contribution in [3.05, 3.63) is 0 Å². The Kier molecular flexibility index (Phi) is 4.20. The van der Waals surface area contributed by atoms with Gasteiger partial charge in [0, 0.05) is 19.2 Å². The van der Waals surface area contributed by atoms with Gasteiger partial charge in [-0.2, -0.15) is 0 Å². The molecule has 0 aromatic rings. The molecule has 2 atom stereocenters. The summed E-state index contributed by atoms with van der Waals surface area (Å²) in [6, 6.07) is 1.45. The molecule has 0 radical (unpaired) electrons. The maximum atomic E-state index is 5.24. The van der Waals surface area contributed by atoms with Gasteiger partial charge in [-0.05, 0) is 25.3 Å². The van der Waals surface area contributed by atoms with E-state index in [1.165, 1.54) is 12.8 Å². The highest BCUT2D eigenvalue weighted by molar-refractivity contribution is 4.88. The van der Waals surface area contributed by atoms with Crippen LogP contribution < -0.4 is 0 Å². The third kappa shape index (κ3) is 2.44. The monoisotopic (exact) mass is 185 g/mol. The standard InChI is InChI=1S/C11H23NO/c1-5-12-10(8-13-4)6-7-11(12)9(2)3/h9-11H,5-8H2,1-4H3/t10?,11-/m0/s1. The molecule has 1 saturated heterocycles. The molecule has 1 unspecified atom stereocenters. The summed E-state index contributed by atoms with van der Waals surface area (Å²) >= 11 is 0. The van der Waals surface area contributed by atoms with E-state index in [2.05, 4.69) is 25.7 Å². The minimum atomic E-state index is 0.669. The third-order valence-corrected chi connectivity index (χ3v) is 3.18. The zero-order valence-electron chi connectivity index (χ0n) is 9.42. The average molecular weight is 185 g/mol. The van der Waals surface area contributed by atoms with E-state index in [0.717, 1.165) is 25.1 Å². The van der Waals surface area contributed by atoms with Crippen molar-refractivity contribution in [1.29, 1.82) is 0 Å². The van der Waals surface area contributed by atoms with E-state index < -0.39 is 0 Å². The summed E-state index contributed by atoms with van der Waals surface area (Å²) in [4.78, 5) is 2.61. The van der Waals surface area contributed by atoms with Crippen LogP contribution in [0.1, 0.15) is 33.6 Å². The lowest BCUT2D eigenvalue weighted by molar-refractivity contribution is 0.0887. The number of ether oxygens (including phenoxy) is 1. The molecule has 0 N–H and O–H groups in total. The highest BCUT2D eigenvalue weighted by Gasteiger charge is 2.33. The molecule has 2 nitrogen and oxygen atoms in total. The topological polar surface area (TPSA) is 12.5 Å². The Morgan fingerprint density at radius 2 is 2.08 bits per heavy atom. The van der Waals surface area contributed by atoms with Gasteiger partial charge in [0.05, 0.1) is 6.61 Å². The summed E-state index contributed by atoms with van der Waals surface area (Å²) in [5.74, 6) is 0.779. The van der Waals surface area contributed by atoms with Gasteiger partial charge in [-0.15, -0.1) is 0 Å². The van der Waals surface area contributed by atoms with Crippen molar-refractivity contribution in [1.82, 2.24) is 4.90 Å². The second kappa shape index (κ2) is 4.97. The second-order valence-electron chi connectivity index (χ2n) is 4.33. The molecule has 0 aromatic heterocycles. The van der Waals surface area contributed by atoms with E-state index in [-0.39, 0.29) is 0 Å². The second-order valence-corrected chi connectivity index (χ2v) is 4.33. The van der Waals surface area contributed by atoms with Crippen LogP contribution >= 0.6 is 0 Å². The van der Waals surface area contributed by atoms with Crippen molar-refractivity contribution < 1.29 is 4.74 Å². The van der Waals surface area contributed by atoms with E-state index in [9.17, 15) is 0 Å². The van der Waals surface area contributed by atoms with Gasteiger partial charge in [0.2, 0.25) is 0 Å². The lowest BCUT2D eigenvalue weighted by Gasteiger charge is -2.30. The minimum Gasteiger partial charge on any atom is -0.383 e. The molecule has 0 saturated carbocycles. The van der Waals surface area contributed by atoms with E-state index >= 15 is 0 Å². The van der Waals surface area contributed by atoms with Gasteiger partial charge in [-0.3, -0.25) is 4.90 Å². The number of rotatable bonds is 4. The van der Waals surface area contributed by atoms with Crippen molar-refractivity contribution in [3.8, 4) is 0 Å². The van der Waals surface area contributed by atoms with Crippen LogP contribution in [0.4, 0.5) is 0 Å². The van der Waals surface area contributed by atoms with E-state index in [4.69, 9.17) is 4.74 Å². The first-order valence-corrected chi connectivity index (χ1v) is 5.45. The predicted octanol–water partition coefficient (Wildman–Crippen LogP) is 2.14. The summed E-state index contributed by atoms with van der Waals surface area (Å²) in [7, 11) is 1.80. The van der Waals surface area contributed by atoms with Crippen molar-refractivity contribution in [2.75, 3.05) is 20.3 Å². The molecular formula is C11H23NO. The number of hydrogen-bond donors (Lipinski definition) is 0. The van der Waals surface area contributed by atoms with E-state index in [0.29, 0.717) is 6.04 Å². The summed E-state index contributed by atoms with van der Waals surface area (Å²) in [5.41, 5.74) is 0. The molecular weight excluding hydrogens is 162 g/mol. The van der Waals surface area contributed by atoms with Gasteiger partial charge in [0.1, 0.15) is 0 Å². The summed E-state index contributed by atoms with van der Waals surface area (Å²) in [6.07, 6.45) is 2.66. The zero-order valence-corrected chi connectivity index (χ0v) is 9.42. The first-order chi connectivity index (χ1) is 6.20. The van der Waals surface area contributed by atoms with Crippen LogP contribution in [0.5, 0.6) is 0 Å². The maximum Gasteiger partial charge on any atom is 0.0618 e. The molecule has 0 spiro atoms. The summed E-state index contributed by atoms with van der Waals surface area (Å²) in [5, 5.41) is 0. The van der Waals surface area contributed by atoms with Gasteiger partial charge < -0.3 is 4.74 Å². The molecule has 78 valence electrons. The summed E-state index contributed by atoms with van der Waals surface area (Å²) < 4.78 is 5.24. The molecule has 13 heavy (non-hydrogen) atoms. The highest BCUT2D eigenvalue weighted by Crippen LogP contribution is 2.28. The van der Waals surface area contributed by atoms with Crippen LogP contribution in [0.3, 0.4) is 0 Å². The Bertz CT molecular complexity index is 147. The maximum absolute atomic E-state index is 5.24. The number of likely N-dealkylation sites (N-methyl/N-ethyl adjacent to an activating group) is 1. The van der Waals surface area contributed by atoms with Crippen LogP contribution in [-0.2, 0) is 4.74 Å². The molecule has 0 amide bonds. The van der Waals surface area contributed by atoms with Crippen LogP contribution in [-0.4, -0.2) is 37.2 Å². The molecule has 2 heteroatoms. The molecule has 1 aliphatic rings. The Morgan fingerprint density at radius 3 is 2.54 bits per heavy atom. The molecule has 1 heterocycles. The quantitative estimate of drug-likeness (QED) is 0.665. The largest absolute Gasteiger partial charge is 0.383 e. The van der Waals surface area contributed by atoms with Crippen molar-refractivity contribution in [2.24, 2.45) is 5.92 Å². The smallest absolute Gasteiger partial charge is 0.0618 e. The first kappa shape index (κ1) is 11.0. The third-order valence-electron chi connectivity index (χ3n) is 3.18. The normalized spacial score (nSPS) is 30.2. The Labute approximate surface area is 82.3 Å². The SMILES string of the molecule is CCN1C(COC)CC[C@H]1C(C)C. The highest BCUT2D eigenvalue weighted by atomic mass is 16.5. The number of methoxy groups -OCH3 is 1. The van der Waals surface area contributed by atoms with Crippen LogP contribution in [0.2, 0.25) is 0 Å². The fraction of sp³-hybridized carbons (Fsp3) is 1.00. The van der Waals surface area contributed by atoms with Crippen LogP contribution in [0.15, 0.2) is 0 Å². The van der Waals surface area contributed by atoms with Crippen LogP contribution in [0, 0.1) is 5.92 Å². The Hall–Kier alpha value is -0.0800. The number of hydrogen-bond acceptors (Lipinski definition) is 2. The summed E-state index contributed by atoms with van der Waals surface area (Å²) in [6.45, 7) is 8.96. The molecule has 0 aromatic carbocycles. The van der Waals surface area contributed by atoms with E-state index in [1.54, 1.807) is 7.11 Å². The lowest BCUT2D eigenvalue weighted by Crippen LogP contribution is -2.40. The molecule has 0 bridgehead atoms. The van der Waals surface area contributed by atoms with Crippen molar-refractivity contribution in [2.45, 2.75) is 45.7 Å². The van der Waals surface area contributed by atoms with Gasteiger partial charge >= 0.3 is 0 Å². The predicted molar refractivity (Wildman–Crippen MR) is 55.9 cm³/mol. The van der Waals surface area contributed by atoms with E-state index in [1.807, 2.05) is 0 Å². The molecule has 1 aliphatic heterocycles. The van der Waals surface area contributed by atoms with Gasteiger partial charge in [0.25, 0.3) is 0 Å². The Balaban J connectivity index is 2.52. The van der Waals surface area contributed by atoms with Gasteiger partial charge in [-0.1, -0.05) is 20.8 Å². The van der Waals surface area contributed by atoms with Crippen molar-refractivity contribution in [3.63, 3.8) is 0 Å². The minimum absolute atomic E-state index is 0.669. The fourth-order valence-electron chi connectivity index (χ4n) is 2.55. The molecule has 1 rings (SSSR count). The fourth-order valence-corrected chi connectivity index (χ4v) is 2.55. The lowest BCUT2D eigenvalue weighted by atomic mass is 10.0. The van der Waals surface area contributed by atoms with Crippen LogP contribution in [0.25, 0.3) is 0 Å². The van der Waals surface area contributed by atoms with Gasteiger partial charge in [-0.25, -0.2) is 0 Å². The molecule has 1 fully saturated rings.